The molecule has 0 radical (unpaired) electrons. The van der Waals surface area contributed by atoms with E-state index in [9.17, 15) is 22.4 Å². The van der Waals surface area contributed by atoms with Crippen molar-refractivity contribution in [3.8, 4) is 11.3 Å². The molecule has 0 unspecified atom stereocenters. The van der Waals surface area contributed by atoms with Crippen molar-refractivity contribution in [2.24, 2.45) is 0 Å². The highest BCUT2D eigenvalue weighted by Crippen LogP contribution is 2.35. The number of benzene rings is 3. The van der Waals surface area contributed by atoms with Gasteiger partial charge in [-0.25, -0.2) is 9.18 Å². The molecular formula is C23H15F4N3O2. The normalized spacial score (nSPS) is 11.4. The predicted molar refractivity (Wildman–Crippen MR) is 111 cm³/mol. The van der Waals surface area contributed by atoms with Crippen molar-refractivity contribution in [3.63, 3.8) is 0 Å². The first-order valence-corrected chi connectivity index (χ1v) is 9.36. The van der Waals surface area contributed by atoms with Crippen LogP contribution in [0, 0.1) is 5.82 Å². The molecular weight excluding hydrogens is 426 g/mol. The number of fused-ring (bicyclic) bond motifs is 1. The second-order valence-corrected chi connectivity index (χ2v) is 6.83. The lowest BCUT2D eigenvalue weighted by Crippen LogP contribution is -2.09. The van der Waals surface area contributed by atoms with Crippen LogP contribution in [0.3, 0.4) is 0 Å². The summed E-state index contributed by atoms with van der Waals surface area (Å²) in [6.07, 6.45) is -4.82. The lowest BCUT2D eigenvalue weighted by molar-refractivity contribution is -0.139. The van der Waals surface area contributed by atoms with Crippen molar-refractivity contribution in [1.29, 1.82) is 0 Å². The maximum Gasteiger partial charge on any atom is 0.419 e. The number of anilines is 2. The van der Waals surface area contributed by atoms with E-state index in [1.54, 1.807) is 48.5 Å². The Balaban J connectivity index is 1.74. The Morgan fingerprint density at radius 3 is 2.28 bits per heavy atom. The predicted octanol–water partition coefficient (Wildman–Crippen LogP) is 5.98. The highest BCUT2D eigenvalue weighted by Gasteiger charge is 2.34. The highest BCUT2D eigenvalue weighted by molar-refractivity contribution is 6.01. The van der Waals surface area contributed by atoms with E-state index >= 15 is 0 Å². The summed E-state index contributed by atoms with van der Waals surface area (Å²) in [7, 11) is 1.29. The summed E-state index contributed by atoms with van der Waals surface area (Å²) in [5.74, 6) is -1.61. The number of alkyl halides is 3. The molecule has 0 aliphatic heterocycles. The molecule has 3 aromatic carbocycles. The molecule has 0 saturated carbocycles. The van der Waals surface area contributed by atoms with Gasteiger partial charge in [-0.3, -0.25) is 0 Å². The molecule has 1 heterocycles. The largest absolute Gasteiger partial charge is 0.465 e. The SMILES string of the molecule is COC(=O)c1ccc(-c2nnc(Nc3ccc(F)c(C(F)(F)F)c3)c3ccccc23)cc1. The number of esters is 1. The number of hydrogen-bond donors (Lipinski definition) is 1. The number of nitrogens with one attached hydrogen (secondary N) is 1. The maximum absolute atomic E-state index is 13.6. The van der Waals surface area contributed by atoms with Crippen molar-refractivity contribution in [3.05, 3.63) is 83.7 Å². The average Bonchev–Trinajstić information content (AvgIpc) is 2.79. The summed E-state index contributed by atoms with van der Waals surface area (Å²) in [5, 5.41) is 12.5. The van der Waals surface area contributed by atoms with Crippen molar-refractivity contribution in [2.45, 2.75) is 6.18 Å². The van der Waals surface area contributed by atoms with Crippen LogP contribution in [-0.2, 0) is 10.9 Å². The standard InChI is InChI=1S/C23H15F4N3O2/c1-32-22(31)14-8-6-13(7-9-14)20-16-4-2-3-5-17(16)21(30-29-20)28-15-10-11-19(24)18(12-15)23(25,26)27/h2-12H,1H3,(H,28,30). The zero-order valence-corrected chi connectivity index (χ0v) is 16.6. The first-order valence-electron chi connectivity index (χ1n) is 9.36. The Morgan fingerprint density at radius 2 is 1.62 bits per heavy atom. The van der Waals surface area contributed by atoms with Crippen molar-refractivity contribution in [1.82, 2.24) is 10.2 Å². The van der Waals surface area contributed by atoms with Gasteiger partial charge in [0.05, 0.1) is 18.2 Å². The van der Waals surface area contributed by atoms with Crippen LogP contribution in [0.25, 0.3) is 22.0 Å². The van der Waals surface area contributed by atoms with Crippen LogP contribution in [0.4, 0.5) is 29.1 Å². The summed E-state index contributed by atoms with van der Waals surface area (Å²) in [6.45, 7) is 0. The van der Waals surface area contributed by atoms with Gasteiger partial charge in [0.25, 0.3) is 0 Å². The molecule has 1 aromatic heterocycles. The number of nitrogens with zero attached hydrogens (tertiary/aromatic N) is 2. The maximum atomic E-state index is 13.6. The third kappa shape index (κ3) is 4.09. The van der Waals surface area contributed by atoms with E-state index in [1.165, 1.54) is 13.2 Å². The molecule has 0 bridgehead atoms. The molecule has 0 fully saturated rings. The quantitative estimate of drug-likeness (QED) is 0.312. The van der Waals surface area contributed by atoms with Crippen LogP contribution in [0.5, 0.6) is 0 Å². The van der Waals surface area contributed by atoms with E-state index in [0.29, 0.717) is 33.7 Å². The molecule has 32 heavy (non-hydrogen) atoms. The third-order valence-corrected chi connectivity index (χ3v) is 4.80. The minimum absolute atomic E-state index is 0.0216. The van der Waals surface area contributed by atoms with Crippen LogP contribution in [0.1, 0.15) is 15.9 Å². The minimum atomic E-state index is -4.82. The number of carbonyl (C=O) groups is 1. The third-order valence-electron chi connectivity index (χ3n) is 4.80. The van der Waals surface area contributed by atoms with Gasteiger partial charge in [0, 0.05) is 22.0 Å². The summed E-state index contributed by atoms with van der Waals surface area (Å²) in [5.41, 5.74) is 0.241. The number of rotatable bonds is 4. The molecule has 1 N–H and O–H groups in total. The van der Waals surface area contributed by atoms with Crippen LogP contribution in [-0.4, -0.2) is 23.3 Å². The van der Waals surface area contributed by atoms with E-state index in [2.05, 4.69) is 15.5 Å². The van der Waals surface area contributed by atoms with Gasteiger partial charge >= 0.3 is 12.1 Å². The number of carbonyl (C=O) groups excluding carboxylic acids is 1. The Kier molecular flexibility index (Phi) is 5.48. The second kappa shape index (κ2) is 8.26. The fourth-order valence-electron chi connectivity index (χ4n) is 3.25. The zero-order chi connectivity index (χ0) is 22.9. The Bertz CT molecular complexity index is 1310. The van der Waals surface area contributed by atoms with Gasteiger partial charge in [-0.05, 0) is 30.3 Å². The summed E-state index contributed by atoms with van der Waals surface area (Å²) in [4.78, 5) is 11.6. The average molecular weight is 441 g/mol. The molecule has 0 atom stereocenters. The van der Waals surface area contributed by atoms with Crippen LogP contribution < -0.4 is 5.32 Å². The van der Waals surface area contributed by atoms with Gasteiger partial charge < -0.3 is 10.1 Å². The highest BCUT2D eigenvalue weighted by atomic mass is 19.4. The van der Waals surface area contributed by atoms with E-state index < -0.39 is 23.5 Å². The molecule has 5 nitrogen and oxygen atoms in total. The Morgan fingerprint density at radius 1 is 0.938 bits per heavy atom. The number of ether oxygens (including phenoxy) is 1. The topological polar surface area (TPSA) is 64.1 Å². The van der Waals surface area contributed by atoms with Crippen LogP contribution in [0.2, 0.25) is 0 Å². The van der Waals surface area contributed by atoms with Crippen LogP contribution >= 0.6 is 0 Å². The molecule has 0 spiro atoms. The fraction of sp³-hybridized carbons (Fsp3) is 0.0870. The van der Waals surface area contributed by atoms with E-state index in [4.69, 9.17) is 4.74 Å². The fourth-order valence-corrected chi connectivity index (χ4v) is 3.25. The van der Waals surface area contributed by atoms with E-state index in [-0.39, 0.29) is 11.5 Å². The second-order valence-electron chi connectivity index (χ2n) is 6.83. The molecule has 0 aliphatic carbocycles. The van der Waals surface area contributed by atoms with E-state index in [1.807, 2.05) is 0 Å². The number of methoxy groups -OCH3 is 1. The molecule has 9 heteroatoms. The van der Waals surface area contributed by atoms with Crippen molar-refractivity contribution < 1.29 is 27.1 Å². The smallest absolute Gasteiger partial charge is 0.419 e. The first kappa shape index (κ1) is 21.2. The number of halogens is 4. The molecule has 0 saturated heterocycles. The zero-order valence-electron chi connectivity index (χ0n) is 16.6. The monoisotopic (exact) mass is 441 g/mol. The van der Waals surface area contributed by atoms with Gasteiger partial charge in [-0.15, -0.1) is 10.2 Å². The van der Waals surface area contributed by atoms with Gasteiger partial charge in [-0.2, -0.15) is 13.2 Å². The van der Waals surface area contributed by atoms with Gasteiger partial charge in [0.1, 0.15) is 11.5 Å². The summed E-state index contributed by atoms with van der Waals surface area (Å²) >= 11 is 0. The number of aromatic nitrogens is 2. The van der Waals surface area contributed by atoms with E-state index in [0.717, 1.165) is 6.07 Å². The summed E-state index contributed by atoms with van der Waals surface area (Å²) in [6, 6.07) is 16.3. The van der Waals surface area contributed by atoms with Gasteiger partial charge in [0.15, 0.2) is 5.82 Å². The lowest BCUT2D eigenvalue weighted by atomic mass is 10.0. The first-order chi connectivity index (χ1) is 15.3. The number of hydrogen-bond acceptors (Lipinski definition) is 5. The molecule has 4 aromatic rings. The minimum Gasteiger partial charge on any atom is -0.465 e. The molecule has 162 valence electrons. The summed E-state index contributed by atoms with van der Waals surface area (Å²) < 4.78 is 57.4. The lowest BCUT2D eigenvalue weighted by Gasteiger charge is -2.13. The van der Waals surface area contributed by atoms with Gasteiger partial charge in [0.2, 0.25) is 0 Å². The van der Waals surface area contributed by atoms with Crippen molar-refractivity contribution >= 4 is 28.2 Å². The molecule has 4 rings (SSSR count). The molecule has 0 aliphatic rings. The van der Waals surface area contributed by atoms with Crippen molar-refractivity contribution in [2.75, 3.05) is 12.4 Å². The van der Waals surface area contributed by atoms with Gasteiger partial charge in [-0.1, -0.05) is 36.4 Å². The Labute approximate surface area is 179 Å². The van der Waals surface area contributed by atoms with Crippen LogP contribution in [0.15, 0.2) is 66.7 Å². The molecule has 0 amide bonds. The Hall–Kier alpha value is -4.01.